The van der Waals surface area contributed by atoms with E-state index in [1.54, 1.807) is 0 Å². The molecule has 2 aromatic carbocycles. The molecule has 1 heterocycles. The van der Waals surface area contributed by atoms with Crippen molar-refractivity contribution in [2.24, 2.45) is 0 Å². The monoisotopic (exact) mass is 324 g/mol. The summed E-state index contributed by atoms with van der Waals surface area (Å²) in [5, 5.41) is 2.03. The molecular formula is C21H28N2O. The molecule has 1 fully saturated rings. The maximum atomic E-state index is 6.31. The highest BCUT2D eigenvalue weighted by molar-refractivity contribution is 5.24. The quantitative estimate of drug-likeness (QED) is 0.786. The molecule has 0 unspecified atom stereocenters. The summed E-state index contributed by atoms with van der Waals surface area (Å²) in [6.07, 6.45) is 2.32. The van der Waals surface area contributed by atoms with Gasteiger partial charge in [0, 0.05) is 13.6 Å². The lowest BCUT2D eigenvalue weighted by molar-refractivity contribution is -0.304. The highest BCUT2D eigenvalue weighted by Crippen LogP contribution is 2.40. The molecule has 0 spiro atoms. The lowest BCUT2D eigenvalue weighted by atomic mass is 9.95. The van der Waals surface area contributed by atoms with Gasteiger partial charge in [0.2, 0.25) is 0 Å². The summed E-state index contributed by atoms with van der Waals surface area (Å²) in [7, 11) is 2.05. The second kappa shape index (κ2) is 7.93. The van der Waals surface area contributed by atoms with E-state index in [0.29, 0.717) is 12.1 Å². The van der Waals surface area contributed by atoms with E-state index in [-0.39, 0.29) is 6.23 Å². The normalized spacial score (nSPS) is 25.7. The molecule has 3 nitrogen and oxygen atoms in total. The van der Waals surface area contributed by atoms with Crippen LogP contribution in [-0.2, 0) is 4.84 Å². The van der Waals surface area contributed by atoms with E-state index in [4.69, 9.17) is 4.84 Å². The summed E-state index contributed by atoms with van der Waals surface area (Å²) >= 11 is 0. The fourth-order valence-electron chi connectivity index (χ4n) is 3.52. The third kappa shape index (κ3) is 3.54. The summed E-state index contributed by atoms with van der Waals surface area (Å²) in [6.45, 7) is 5.53. The molecular weight excluding hydrogens is 296 g/mol. The Morgan fingerprint density at radius 3 is 2.08 bits per heavy atom. The third-order valence-electron chi connectivity index (χ3n) is 4.95. The molecule has 3 heteroatoms. The average Bonchev–Trinajstić information content (AvgIpc) is 2.63. The molecule has 1 aliphatic heterocycles. The Labute approximate surface area is 145 Å². The van der Waals surface area contributed by atoms with E-state index in [0.717, 1.165) is 6.54 Å². The third-order valence-corrected chi connectivity index (χ3v) is 4.95. The maximum absolute atomic E-state index is 6.31. The predicted octanol–water partition coefficient (Wildman–Crippen LogP) is 4.79. The van der Waals surface area contributed by atoms with Crippen LogP contribution in [0.5, 0.6) is 0 Å². The van der Waals surface area contributed by atoms with Crippen molar-refractivity contribution in [3.63, 3.8) is 0 Å². The maximum Gasteiger partial charge on any atom is 0.158 e. The van der Waals surface area contributed by atoms with Crippen LogP contribution in [0, 0.1) is 0 Å². The summed E-state index contributed by atoms with van der Waals surface area (Å²) in [5.41, 5.74) is 2.57. The van der Waals surface area contributed by atoms with Crippen LogP contribution < -0.4 is 0 Å². The van der Waals surface area contributed by atoms with Gasteiger partial charge in [0.25, 0.3) is 0 Å². The number of hydrogen-bond acceptors (Lipinski definition) is 3. The largest absolute Gasteiger partial charge is 0.275 e. The highest BCUT2D eigenvalue weighted by Gasteiger charge is 2.40. The second-order valence-corrected chi connectivity index (χ2v) is 6.60. The van der Waals surface area contributed by atoms with Crippen LogP contribution in [-0.4, -0.2) is 29.6 Å². The minimum absolute atomic E-state index is 0.0378. The Bertz CT molecular complexity index is 616. The lowest BCUT2D eigenvalue weighted by Gasteiger charge is -2.49. The second-order valence-electron chi connectivity index (χ2n) is 6.60. The van der Waals surface area contributed by atoms with E-state index in [2.05, 4.69) is 79.4 Å². The first-order valence-electron chi connectivity index (χ1n) is 8.97. The Balaban J connectivity index is 1.99. The summed E-state index contributed by atoms with van der Waals surface area (Å²) in [6, 6.07) is 22.0. The van der Waals surface area contributed by atoms with E-state index in [1.165, 1.54) is 24.0 Å². The first-order valence-corrected chi connectivity index (χ1v) is 8.97. The van der Waals surface area contributed by atoms with Gasteiger partial charge in [-0.15, -0.1) is 0 Å². The fraction of sp³-hybridized carbons (Fsp3) is 0.429. The molecule has 0 aliphatic carbocycles. The SMILES string of the molecule is CCCCN1[C@H](c2ccccc2)ON(C)[C@@H](C)[C@@H]1c1ccccc1. The number of hydrogen-bond donors (Lipinski definition) is 0. The topological polar surface area (TPSA) is 15.7 Å². The van der Waals surface area contributed by atoms with Gasteiger partial charge in [-0.05, 0) is 24.5 Å². The van der Waals surface area contributed by atoms with E-state index in [1.807, 2.05) is 12.1 Å². The summed E-state index contributed by atoms with van der Waals surface area (Å²) < 4.78 is 0. The number of rotatable bonds is 5. The fourth-order valence-corrected chi connectivity index (χ4v) is 3.52. The zero-order valence-corrected chi connectivity index (χ0v) is 14.9. The van der Waals surface area contributed by atoms with Crippen LogP contribution in [0.15, 0.2) is 60.7 Å². The molecule has 1 aliphatic rings. The standard InChI is InChI=1S/C21H28N2O/c1-4-5-16-23-20(18-12-8-6-9-13-18)17(2)22(3)24-21(23)19-14-10-7-11-15-19/h6-15,17,20-21H,4-5,16H2,1-3H3/t17-,20+,21-/m0/s1. The zero-order valence-electron chi connectivity index (χ0n) is 14.9. The number of unbranched alkanes of at least 4 members (excludes halogenated alkanes) is 1. The van der Waals surface area contributed by atoms with Gasteiger partial charge in [0.05, 0.1) is 12.1 Å². The van der Waals surface area contributed by atoms with Crippen LogP contribution >= 0.6 is 0 Å². The van der Waals surface area contributed by atoms with Crippen LogP contribution in [0.3, 0.4) is 0 Å². The summed E-state index contributed by atoms with van der Waals surface area (Å²) in [5.74, 6) is 0. The van der Waals surface area contributed by atoms with Gasteiger partial charge in [-0.3, -0.25) is 9.74 Å². The Morgan fingerprint density at radius 1 is 0.917 bits per heavy atom. The molecule has 0 saturated carbocycles. The van der Waals surface area contributed by atoms with Gasteiger partial charge < -0.3 is 0 Å². The average molecular weight is 324 g/mol. The van der Waals surface area contributed by atoms with Gasteiger partial charge in [-0.25, -0.2) is 0 Å². The minimum atomic E-state index is -0.0378. The number of likely N-dealkylation sites (N-methyl/N-ethyl adjacent to an activating group) is 1. The molecule has 0 N–H and O–H groups in total. The van der Waals surface area contributed by atoms with E-state index < -0.39 is 0 Å². The van der Waals surface area contributed by atoms with E-state index in [9.17, 15) is 0 Å². The van der Waals surface area contributed by atoms with Crippen molar-refractivity contribution in [1.82, 2.24) is 9.96 Å². The van der Waals surface area contributed by atoms with Gasteiger partial charge in [0.1, 0.15) is 0 Å². The van der Waals surface area contributed by atoms with E-state index >= 15 is 0 Å². The molecule has 3 rings (SSSR count). The molecule has 0 bridgehead atoms. The van der Waals surface area contributed by atoms with Gasteiger partial charge in [-0.1, -0.05) is 74.0 Å². The first kappa shape index (κ1) is 17.2. The van der Waals surface area contributed by atoms with Gasteiger partial charge in [-0.2, -0.15) is 5.06 Å². The minimum Gasteiger partial charge on any atom is -0.275 e. The van der Waals surface area contributed by atoms with Gasteiger partial charge >= 0.3 is 0 Å². The lowest BCUT2D eigenvalue weighted by Crippen LogP contribution is -2.52. The van der Waals surface area contributed by atoms with Crippen LogP contribution in [0.4, 0.5) is 0 Å². The van der Waals surface area contributed by atoms with Crippen molar-refractivity contribution in [2.45, 2.75) is 45.0 Å². The van der Waals surface area contributed by atoms with Crippen molar-refractivity contribution in [3.8, 4) is 0 Å². The van der Waals surface area contributed by atoms with Crippen LogP contribution in [0.1, 0.15) is 50.1 Å². The summed E-state index contributed by atoms with van der Waals surface area (Å²) in [4.78, 5) is 8.83. The molecule has 128 valence electrons. The van der Waals surface area contributed by atoms with Crippen molar-refractivity contribution < 1.29 is 4.84 Å². The molecule has 2 aromatic rings. The first-order chi connectivity index (χ1) is 11.7. The van der Waals surface area contributed by atoms with Crippen molar-refractivity contribution in [3.05, 3.63) is 71.8 Å². The predicted molar refractivity (Wildman–Crippen MR) is 98.3 cm³/mol. The smallest absolute Gasteiger partial charge is 0.158 e. The Morgan fingerprint density at radius 2 is 1.50 bits per heavy atom. The van der Waals surface area contributed by atoms with Gasteiger partial charge in [0.15, 0.2) is 6.23 Å². The van der Waals surface area contributed by atoms with Crippen LogP contribution in [0.2, 0.25) is 0 Å². The molecule has 1 saturated heterocycles. The zero-order chi connectivity index (χ0) is 16.9. The molecule has 24 heavy (non-hydrogen) atoms. The molecule has 3 atom stereocenters. The van der Waals surface area contributed by atoms with Crippen molar-refractivity contribution in [1.29, 1.82) is 0 Å². The number of benzene rings is 2. The van der Waals surface area contributed by atoms with Crippen molar-refractivity contribution >= 4 is 0 Å². The Hall–Kier alpha value is -1.68. The molecule has 0 amide bonds. The number of hydroxylamine groups is 2. The number of nitrogens with zero attached hydrogens (tertiary/aromatic N) is 2. The van der Waals surface area contributed by atoms with Crippen molar-refractivity contribution in [2.75, 3.05) is 13.6 Å². The Kier molecular flexibility index (Phi) is 5.67. The molecule has 0 aromatic heterocycles. The highest BCUT2D eigenvalue weighted by atomic mass is 16.7. The van der Waals surface area contributed by atoms with Crippen LogP contribution in [0.25, 0.3) is 0 Å². The molecule has 0 radical (unpaired) electrons.